The van der Waals surface area contributed by atoms with Gasteiger partial charge in [-0.3, -0.25) is 0 Å². The van der Waals surface area contributed by atoms with E-state index in [9.17, 15) is 0 Å². The summed E-state index contributed by atoms with van der Waals surface area (Å²) in [6, 6.07) is 72.9. The van der Waals surface area contributed by atoms with Crippen molar-refractivity contribution in [3.8, 4) is 33.4 Å². The fourth-order valence-corrected chi connectivity index (χ4v) is 15.2. The minimum absolute atomic E-state index is 0.0563. The Labute approximate surface area is 372 Å². The largest absolute Gasteiger partial charge is 0.310 e. The van der Waals surface area contributed by atoms with Gasteiger partial charge in [-0.2, -0.15) is 0 Å². The zero-order chi connectivity index (χ0) is 41.7. The van der Waals surface area contributed by atoms with Crippen molar-refractivity contribution in [2.45, 2.75) is 62.2 Å². The Hall–Kier alpha value is -6.44. The fourth-order valence-electron chi connectivity index (χ4n) is 15.2. The van der Waals surface area contributed by atoms with E-state index in [0.29, 0.717) is 11.8 Å². The number of hydrogen-bond donors (Lipinski definition) is 0. The smallest absolute Gasteiger partial charge is 0.0719 e. The lowest BCUT2D eigenvalue weighted by atomic mass is 9.38. The quantitative estimate of drug-likeness (QED) is 0.171. The van der Waals surface area contributed by atoms with Gasteiger partial charge in [0.1, 0.15) is 0 Å². The molecule has 0 atom stereocenters. The van der Waals surface area contributed by atoms with Crippen LogP contribution in [0.3, 0.4) is 0 Å². The SMILES string of the molecule is CC1(C)c2ccccc2-c2ccc(N(c3ccc4c(c3)C3(c5ccccc5C45c4ccccc4-c4ccccc45)C4CC5CC(C4)CC3C5)c3ccccc3-c3ccccc3)cc21. The number of nitrogens with zero attached hydrogens (tertiary/aromatic N) is 1. The first-order chi connectivity index (χ1) is 31.0. The summed E-state index contributed by atoms with van der Waals surface area (Å²) < 4.78 is 0. The first kappa shape index (κ1) is 36.1. The summed E-state index contributed by atoms with van der Waals surface area (Å²) in [6.45, 7) is 4.82. The number of rotatable bonds is 4. The molecular weight excluding hydrogens is 759 g/mol. The molecule has 7 aliphatic carbocycles. The molecule has 0 amide bonds. The molecule has 4 fully saturated rings. The fraction of sp³-hybridized carbons (Fsp3) is 0.226. The molecule has 304 valence electrons. The second-order valence-electron chi connectivity index (χ2n) is 20.4. The first-order valence-corrected chi connectivity index (χ1v) is 23.6. The van der Waals surface area contributed by atoms with Gasteiger partial charge >= 0.3 is 0 Å². The molecule has 1 heteroatoms. The molecule has 7 aliphatic rings. The van der Waals surface area contributed by atoms with E-state index in [1.165, 1.54) is 116 Å². The van der Waals surface area contributed by atoms with E-state index in [2.05, 4.69) is 207 Å². The summed E-state index contributed by atoms with van der Waals surface area (Å²) >= 11 is 0. The Kier molecular flexibility index (Phi) is 7.35. The molecule has 0 aromatic heterocycles. The van der Waals surface area contributed by atoms with E-state index in [0.717, 1.165) is 11.8 Å². The van der Waals surface area contributed by atoms with Crippen LogP contribution >= 0.6 is 0 Å². The van der Waals surface area contributed by atoms with Crippen molar-refractivity contribution in [2.75, 3.05) is 4.90 Å². The van der Waals surface area contributed by atoms with Crippen molar-refractivity contribution >= 4 is 17.1 Å². The van der Waals surface area contributed by atoms with Gasteiger partial charge in [-0.05, 0) is 158 Å². The third-order valence-electron chi connectivity index (χ3n) is 17.3. The van der Waals surface area contributed by atoms with Crippen LogP contribution in [0.4, 0.5) is 17.1 Å². The third kappa shape index (κ3) is 4.58. The molecule has 0 radical (unpaired) electrons. The van der Waals surface area contributed by atoms with Crippen molar-refractivity contribution in [1.29, 1.82) is 0 Å². The van der Waals surface area contributed by atoms with E-state index in [-0.39, 0.29) is 10.8 Å². The van der Waals surface area contributed by atoms with Crippen LogP contribution in [0.25, 0.3) is 33.4 Å². The number of fused-ring (bicyclic) bond motifs is 12. The van der Waals surface area contributed by atoms with E-state index >= 15 is 0 Å². The minimum Gasteiger partial charge on any atom is -0.310 e. The van der Waals surface area contributed by atoms with Crippen molar-refractivity contribution in [1.82, 2.24) is 0 Å². The average Bonchev–Trinajstić information content (AvgIpc) is 3.75. The molecule has 0 aliphatic heterocycles. The molecule has 4 bridgehead atoms. The molecule has 63 heavy (non-hydrogen) atoms. The van der Waals surface area contributed by atoms with Crippen LogP contribution in [0.1, 0.15) is 90.5 Å². The highest BCUT2D eigenvalue weighted by Crippen LogP contribution is 2.72. The Morgan fingerprint density at radius 3 is 1.48 bits per heavy atom. The second kappa shape index (κ2) is 12.8. The van der Waals surface area contributed by atoms with Crippen molar-refractivity contribution < 1.29 is 0 Å². The van der Waals surface area contributed by atoms with Gasteiger partial charge in [0.15, 0.2) is 0 Å². The summed E-state index contributed by atoms with van der Waals surface area (Å²) in [5.41, 5.74) is 22.9. The molecule has 2 spiro atoms. The minimum atomic E-state index is -0.409. The number of hydrogen-bond acceptors (Lipinski definition) is 1. The predicted octanol–water partition coefficient (Wildman–Crippen LogP) is 15.5. The maximum atomic E-state index is 2.73. The normalized spacial score (nSPS) is 24.0. The lowest BCUT2D eigenvalue weighted by molar-refractivity contribution is -0.0440. The van der Waals surface area contributed by atoms with Crippen molar-refractivity contribution in [3.05, 3.63) is 233 Å². The molecule has 8 aromatic rings. The highest BCUT2D eigenvalue weighted by atomic mass is 15.1. The van der Waals surface area contributed by atoms with Crippen LogP contribution in [0.5, 0.6) is 0 Å². The molecule has 0 saturated heterocycles. The molecule has 0 unspecified atom stereocenters. The summed E-state index contributed by atoms with van der Waals surface area (Å²) in [7, 11) is 0. The van der Waals surface area contributed by atoms with Crippen molar-refractivity contribution in [2.24, 2.45) is 23.7 Å². The lowest BCUT2D eigenvalue weighted by Crippen LogP contribution is -2.59. The highest BCUT2D eigenvalue weighted by Gasteiger charge is 2.64. The monoisotopic (exact) mass is 809 g/mol. The molecule has 4 saturated carbocycles. The summed E-state index contributed by atoms with van der Waals surface area (Å²) in [5, 5.41) is 0. The second-order valence-corrected chi connectivity index (χ2v) is 20.4. The highest BCUT2D eigenvalue weighted by molar-refractivity contribution is 5.93. The first-order valence-electron chi connectivity index (χ1n) is 23.6. The molecule has 1 nitrogen and oxygen atoms in total. The van der Waals surface area contributed by atoms with Crippen LogP contribution < -0.4 is 4.90 Å². The van der Waals surface area contributed by atoms with Gasteiger partial charge in [0.25, 0.3) is 0 Å². The molecule has 15 rings (SSSR count). The van der Waals surface area contributed by atoms with Gasteiger partial charge < -0.3 is 4.90 Å². The van der Waals surface area contributed by atoms with E-state index in [4.69, 9.17) is 0 Å². The number of anilines is 3. The van der Waals surface area contributed by atoms with Gasteiger partial charge in [-0.25, -0.2) is 0 Å². The van der Waals surface area contributed by atoms with Crippen LogP contribution in [0.15, 0.2) is 188 Å². The maximum absolute atomic E-state index is 2.73. The van der Waals surface area contributed by atoms with Gasteiger partial charge in [0, 0.05) is 27.8 Å². The summed E-state index contributed by atoms with van der Waals surface area (Å²) in [4.78, 5) is 2.62. The zero-order valence-electron chi connectivity index (χ0n) is 36.2. The topological polar surface area (TPSA) is 3.24 Å². The Balaban J connectivity index is 1.08. The van der Waals surface area contributed by atoms with Gasteiger partial charge in [-0.1, -0.05) is 172 Å². The van der Waals surface area contributed by atoms with Crippen LogP contribution in [0, 0.1) is 23.7 Å². The average molecular weight is 810 g/mol. The van der Waals surface area contributed by atoms with Crippen LogP contribution in [-0.2, 0) is 16.2 Å². The zero-order valence-corrected chi connectivity index (χ0v) is 36.2. The maximum Gasteiger partial charge on any atom is 0.0719 e. The van der Waals surface area contributed by atoms with E-state index < -0.39 is 5.41 Å². The lowest BCUT2D eigenvalue weighted by Gasteiger charge is -2.65. The van der Waals surface area contributed by atoms with Crippen LogP contribution in [0.2, 0.25) is 0 Å². The number of benzene rings is 8. The van der Waals surface area contributed by atoms with E-state index in [1.807, 2.05) is 0 Å². The van der Waals surface area contributed by atoms with Gasteiger partial charge in [0.2, 0.25) is 0 Å². The summed E-state index contributed by atoms with van der Waals surface area (Å²) in [6.07, 6.45) is 6.79. The third-order valence-corrected chi connectivity index (χ3v) is 17.3. The van der Waals surface area contributed by atoms with E-state index in [1.54, 1.807) is 11.1 Å². The summed E-state index contributed by atoms with van der Waals surface area (Å²) in [5.74, 6) is 2.96. The van der Waals surface area contributed by atoms with Crippen LogP contribution in [-0.4, -0.2) is 0 Å². The standard InChI is InChI=1S/C62H51N/c1-60(2)51-22-10-6-19-47(51)50-30-28-44(37-57(50)60)63(59-27-15-9-18-46(59)41-16-4-3-5-17-41)45-29-31-56-58(38-45)61(42-33-39-32-40(35-42)36-43(61)34-39)54-25-13-14-26-55(54)62(56)52-23-11-7-20-48(52)49-21-8-12-24-53(49)62/h3-31,37-40,42-43H,32-36H2,1-2H3. The Morgan fingerprint density at radius 2 is 0.825 bits per heavy atom. The van der Waals surface area contributed by atoms with Gasteiger partial charge in [0.05, 0.1) is 11.1 Å². The molecule has 0 heterocycles. The molecule has 0 N–H and O–H groups in total. The Morgan fingerprint density at radius 1 is 0.365 bits per heavy atom. The molecule has 8 aromatic carbocycles. The number of para-hydroxylation sites is 1. The Bertz CT molecular complexity index is 3110. The predicted molar refractivity (Wildman–Crippen MR) is 259 cm³/mol. The molecular formula is C62H51N. The van der Waals surface area contributed by atoms with Gasteiger partial charge in [-0.15, -0.1) is 0 Å². The van der Waals surface area contributed by atoms with Crippen molar-refractivity contribution in [3.63, 3.8) is 0 Å².